The molecule has 1 unspecified atom stereocenters. The molecule has 2 rings (SSSR count). The molecule has 0 radical (unpaired) electrons. The molecule has 1 atom stereocenters. The van der Waals surface area contributed by atoms with Crippen LogP contribution in [0.5, 0.6) is 0 Å². The van der Waals surface area contributed by atoms with Crippen molar-refractivity contribution in [1.29, 1.82) is 0 Å². The molecule has 8 heteroatoms. The topological polar surface area (TPSA) is 99.7 Å². The van der Waals surface area contributed by atoms with Crippen molar-refractivity contribution in [2.75, 3.05) is 7.05 Å². The molecule has 0 bridgehead atoms. The molecule has 2 aromatic rings. The Morgan fingerprint density at radius 2 is 2.20 bits per heavy atom. The lowest BCUT2D eigenvalue weighted by molar-refractivity contribution is -0.133. The van der Waals surface area contributed by atoms with Gasteiger partial charge in [0.25, 0.3) is 0 Å². The van der Waals surface area contributed by atoms with Crippen LogP contribution in [0.2, 0.25) is 0 Å². The molecule has 0 fully saturated rings. The molecular weight excluding hydrogens is 260 g/mol. The second kappa shape index (κ2) is 5.32. The van der Waals surface area contributed by atoms with Gasteiger partial charge in [0.05, 0.1) is 12.2 Å². The maximum absolute atomic E-state index is 12.4. The lowest BCUT2D eigenvalue weighted by Crippen LogP contribution is -2.34. The van der Waals surface area contributed by atoms with Gasteiger partial charge in [0.1, 0.15) is 6.04 Å². The molecule has 2 aromatic heterocycles. The van der Waals surface area contributed by atoms with Crippen LogP contribution < -0.4 is 5.69 Å². The van der Waals surface area contributed by atoms with Crippen LogP contribution in [0.15, 0.2) is 10.9 Å². The molecule has 0 saturated heterocycles. The number of H-pyrrole nitrogens is 2. The van der Waals surface area contributed by atoms with Crippen LogP contribution in [-0.4, -0.2) is 42.8 Å². The van der Waals surface area contributed by atoms with Crippen LogP contribution in [0, 0.1) is 13.8 Å². The first kappa shape index (κ1) is 14.0. The Morgan fingerprint density at radius 1 is 1.50 bits per heavy atom. The molecule has 0 aromatic carbocycles. The summed E-state index contributed by atoms with van der Waals surface area (Å²) in [6.07, 6.45) is 0. The van der Waals surface area contributed by atoms with Crippen LogP contribution >= 0.6 is 0 Å². The van der Waals surface area contributed by atoms with Gasteiger partial charge in [-0.05, 0) is 26.8 Å². The first-order chi connectivity index (χ1) is 9.38. The quantitative estimate of drug-likeness (QED) is 0.830. The molecule has 8 nitrogen and oxygen atoms in total. The lowest BCUT2D eigenvalue weighted by atomic mass is 10.3. The van der Waals surface area contributed by atoms with Crippen molar-refractivity contribution in [3.8, 4) is 0 Å². The van der Waals surface area contributed by atoms with Crippen molar-refractivity contribution < 1.29 is 4.79 Å². The van der Waals surface area contributed by atoms with E-state index in [4.69, 9.17) is 0 Å². The number of rotatable bonds is 4. The van der Waals surface area contributed by atoms with Gasteiger partial charge in [-0.2, -0.15) is 10.2 Å². The second-order valence-corrected chi connectivity index (χ2v) is 4.87. The number of carbonyl (C=O) groups is 1. The molecule has 20 heavy (non-hydrogen) atoms. The Kier molecular flexibility index (Phi) is 3.73. The third-order valence-corrected chi connectivity index (χ3v) is 3.08. The maximum Gasteiger partial charge on any atom is 0.340 e. The Balaban J connectivity index is 2.10. The predicted octanol–water partition coefficient (Wildman–Crippen LogP) is 0.131. The Hall–Kier alpha value is -2.38. The van der Waals surface area contributed by atoms with E-state index in [1.807, 2.05) is 19.9 Å². The van der Waals surface area contributed by atoms with E-state index in [-0.39, 0.29) is 18.1 Å². The van der Waals surface area contributed by atoms with E-state index in [1.165, 1.54) is 4.90 Å². The van der Waals surface area contributed by atoms with Crippen LogP contribution in [0.25, 0.3) is 0 Å². The van der Waals surface area contributed by atoms with E-state index in [1.54, 1.807) is 18.7 Å². The fourth-order valence-corrected chi connectivity index (χ4v) is 2.14. The second-order valence-electron chi connectivity index (χ2n) is 4.87. The number of aryl methyl sites for hydroxylation is 2. The molecular formula is C12H18N6O2. The first-order valence-electron chi connectivity index (χ1n) is 6.29. The van der Waals surface area contributed by atoms with Gasteiger partial charge < -0.3 is 4.90 Å². The molecule has 2 N–H and O–H groups in total. The minimum absolute atomic E-state index is 0.0972. The van der Waals surface area contributed by atoms with Crippen molar-refractivity contribution in [1.82, 2.24) is 29.9 Å². The van der Waals surface area contributed by atoms with Crippen LogP contribution in [-0.2, 0) is 11.3 Å². The Morgan fingerprint density at radius 3 is 2.70 bits per heavy atom. The standard InChI is InChI=1S/C12H18N6O2/c1-7-5-8(2)18(16-7)9(3)11(19)17(4)6-10-13-12(20)15-14-10/h5,9H,6H2,1-4H3,(H2,13,14,15,20). The highest BCUT2D eigenvalue weighted by Gasteiger charge is 2.22. The van der Waals surface area contributed by atoms with Crippen molar-refractivity contribution in [2.45, 2.75) is 33.4 Å². The summed E-state index contributed by atoms with van der Waals surface area (Å²) in [6, 6.07) is 1.52. The largest absolute Gasteiger partial charge is 0.340 e. The SMILES string of the molecule is Cc1cc(C)n(C(C)C(=O)N(C)Cc2n[nH]c(=O)[nH]2)n1. The Bertz CT molecular complexity index is 668. The summed E-state index contributed by atoms with van der Waals surface area (Å²) in [4.78, 5) is 27.3. The third kappa shape index (κ3) is 2.79. The summed E-state index contributed by atoms with van der Waals surface area (Å²) in [7, 11) is 1.66. The number of amides is 1. The van der Waals surface area contributed by atoms with Gasteiger partial charge in [-0.15, -0.1) is 0 Å². The summed E-state index contributed by atoms with van der Waals surface area (Å²) in [5, 5.41) is 10.4. The number of nitrogens with one attached hydrogen (secondary N) is 2. The normalized spacial score (nSPS) is 12.4. The minimum atomic E-state index is -0.403. The average Bonchev–Trinajstić information content (AvgIpc) is 2.93. The zero-order valence-electron chi connectivity index (χ0n) is 12.0. The van der Waals surface area contributed by atoms with E-state index in [0.29, 0.717) is 5.82 Å². The molecule has 0 aliphatic carbocycles. The Labute approximate surface area is 115 Å². The molecule has 2 heterocycles. The zero-order chi connectivity index (χ0) is 14.9. The van der Waals surface area contributed by atoms with E-state index < -0.39 is 6.04 Å². The zero-order valence-corrected chi connectivity index (χ0v) is 12.0. The van der Waals surface area contributed by atoms with Crippen molar-refractivity contribution >= 4 is 5.91 Å². The van der Waals surface area contributed by atoms with Gasteiger partial charge in [0.2, 0.25) is 5.91 Å². The van der Waals surface area contributed by atoms with Gasteiger partial charge >= 0.3 is 5.69 Å². The highest BCUT2D eigenvalue weighted by molar-refractivity contribution is 5.79. The summed E-state index contributed by atoms with van der Waals surface area (Å²) in [6.45, 7) is 5.83. The fourth-order valence-electron chi connectivity index (χ4n) is 2.14. The van der Waals surface area contributed by atoms with Gasteiger partial charge in [0.15, 0.2) is 5.82 Å². The fraction of sp³-hybridized carbons (Fsp3) is 0.500. The van der Waals surface area contributed by atoms with Crippen molar-refractivity contribution in [2.24, 2.45) is 0 Å². The number of nitrogens with zero attached hydrogens (tertiary/aromatic N) is 4. The highest BCUT2D eigenvalue weighted by atomic mass is 16.2. The summed E-state index contributed by atoms with van der Waals surface area (Å²) in [5.74, 6) is 0.325. The number of aromatic amines is 2. The molecule has 0 spiro atoms. The molecule has 0 aliphatic rings. The average molecular weight is 278 g/mol. The molecule has 0 aliphatic heterocycles. The van der Waals surface area contributed by atoms with Crippen molar-refractivity contribution in [3.63, 3.8) is 0 Å². The smallest absolute Gasteiger partial charge is 0.336 e. The summed E-state index contributed by atoms with van der Waals surface area (Å²) in [5.41, 5.74) is 1.43. The molecule has 1 amide bonds. The number of hydrogen-bond acceptors (Lipinski definition) is 4. The van der Waals surface area contributed by atoms with Gasteiger partial charge in [-0.25, -0.2) is 9.89 Å². The monoisotopic (exact) mass is 278 g/mol. The minimum Gasteiger partial charge on any atom is -0.336 e. The van der Waals surface area contributed by atoms with Gasteiger partial charge in [-0.3, -0.25) is 14.5 Å². The number of likely N-dealkylation sites (N-methyl/N-ethyl adjacent to an activating group) is 1. The van der Waals surface area contributed by atoms with Crippen molar-refractivity contribution in [3.05, 3.63) is 33.8 Å². The predicted molar refractivity (Wildman–Crippen MR) is 72.1 cm³/mol. The van der Waals surface area contributed by atoms with E-state index in [9.17, 15) is 9.59 Å². The van der Waals surface area contributed by atoms with Crippen LogP contribution in [0.3, 0.4) is 0 Å². The van der Waals surface area contributed by atoms with Crippen LogP contribution in [0.4, 0.5) is 0 Å². The highest BCUT2D eigenvalue weighted by Crippen LogP contribution is 2.13. The lowest BCUT2D eigenvalue weighted by Gasteiger charge is -2.21. The number of aromatic nitrogens is 5. The third-order valence-electron chi connectivity index (χ3n) is 3.08. The van der Waals surface area contributed by atoms with Gasteiger partial charge in [0, 0.05) is 12.7 Å². The molecule has 108 valence electrons. The van der Waals surface area contributed by atoms with Gasteiger partial charge in [-0.1, -0.05) is 0 Å². The summed E-state index contributed by atoms with van der Waals surface area (Å²) >= 11 is 0. The molecule has 0 saturated carbocycles. The summed E-state index contributed by atoms with van der Waals surface area (Å²) < 4.78 is 1.70. The van der Waals surface area contributed by atoms with E-state index in [2.05, 4.69) is 20.3 Å². The maximum atomic E-state index is 12.4. The van der Waals surface area contributed by atoms with E-state index in [0.717, 1.165) is 11.4 Å². The number of carbonyl (C=O) groups excluding carboxylic acids is 1. The number of hydrogen-bond donors (Lipinski definition) is 2. The van der Waals surface area contributed by atoms with E-state index >= 15 is 0 Å². The first-order valence-corrected chi connectivity index (χ1v) is 6.29. The van der Waals surface area contributed by atoms with Crippen LogP contribution in [0.1, 0.15) is 30.2 Å².